The van der Waals surface area contributed by atoms with Gasteiger partial charge in [-0.05, 0) is 73.4 Å². The van der Waals surface area contributed by atoms with Crippen molar-refractivity contribution in [1.29, 1.82) is 0 Å². The van der Waals surface area contributed by atoms with Gasteiger partial charge in [0.1, 0.15) is 5.60 Å². The van der Waals surface area contributed by atoms with E-state index in [1.54, 1.807) is 4.90 Å². The number of nitrogens with zero attached hydrogens (tertiary/aromatic N) is 2. The molecule has 7 heteroatoms. The minimum atomic E-state index is -0.859. The molecule has 0 atom stereocenters. The van der Waals surface area contributed by atoms with E-state index < -0.39 is 23.9 Å². The molecule has 0 unspecified atom stereocenters. The van der Waals surface area contributed by atoms with Crippen molar-refractivity contribution in [1.82, 2.24) is 9.88 Å². The highest BCUT2D eigenvalue weighted by Gasteiger charge is 2.52. The van der Waals surface area contributed by atoms with Crippen LogP contribution in [0.5, 0.6) is 0 Å². The Morgan fingerprint density at radius 3 is 2.32 bits per heavy atom. The Balaban J connectivity index is 1.81. The van der Waals surface area contributed by atoms with Crippen molar-refractivity contribution in [3.63, 3.8) is 0 Å². The third-order valence-electron chi connectivity index (χ3n) is 5.63. The van der Waals surface area contributed by atoms with E-state index in [1.807, 2.05) is 48.5 Å². The zero-order chi connectivity index (χ0) is 23.4. The molecule has 2 aliphatic heterocycles. The first-order valence-corrected chi connectivity index (χ1v) is 9.94. The molecule has 2 aliphatic rings. The van der Waals surface area contributed by atoms with Gasteiger partial charge in [-0.25, -0.2) is 4.79 Å². The fourth-order valence-electron chi connectivity index (χ4n) is 3.27. The second kappa shape index (κ2) is 7.34. The zero-order valence-electron chi connectivity index (χ0n) is 21.0. The maximum Gasteiger partial charge on any atom is 0.514 e. The van der Waals surface area contributed by atoms with Gasteiger partial charge in [-0.15, -0.1) is 0 Å². The second-order valence-electron chi connectivity index (χ2n) is 9.59. The first-order chi connectivity index (χ1) is 14.1. The van der Waals surface area contributed by atoms with Gasteiger partial charge in [0.15, 0.2) is 0 Å². The van der Waals surface area contributed by atoms with Gasteiger partial charge in [0, 0.05) is 24.7 Å². The summed E-state index contributed by atoms with van der Waals surface area (Å²) in [5.41, 5.74) is -1.02. The van der Waals surface area contributed by atoms with E-state index in [0.29, 0.717) is 31.6 Å². The summed E-state index contributed by atoms with van der Waals surface area (Å²) in [6.45, 7) is 14.2. The topological polar surface area (TPSA) is 60.9 Å². The van der Waals surface area contributed by atoms with E-state index in [-0.39, 0.29) is 35.7 Å². The quantitative estimate of drug-likeness (QED) is 0.723. The lowest BCUT2D eigenvalue weighted by Gasteiger charge is -2.33. The van der Waals surface area contributed by atoms with Crippen LogP contribution in [-0.4, -0.2) is 53.0 Å². The van der Waals surface area contributed by atoms with E-state index >= 15 is 0 Å². The van der Waals surface area contributed by atoms with Gasteiger partial charge < -0.3 is 18.9 Å². The summed E-state index contributed by atoms with van der Waals surface area (Å²) >= 11 is 0. The van der Waals surface area contributed by atoms with Crippen LogP contribution in [0.2, 0.25) is 0 Å². The number of hydrogen-bond acceptors (Lipinski definition) is 5. The molecule has 6 nitrogen and oxygen atoms in total. The molecule has 1 aromatic heterocycles. The van der Waals surface area contributed by atoms with Crippen molar-refractivity contribution in [2.24, 2.45) is 0 Å². The van der Waals surface area contributed by atoms with Crippen LogP contribution in [0.4, 0.5) is 4.79 Å². The van der Waals surface area contributed by atoms with E-state index in [0.717, 1.165) is 0 Å². The summed E-state index contributed by atoms with van der Waals surface area (Å²) < 4.78 is 42.6. The van der Waals surface area contributed by atoms with Crippen LogP contribution in [0, 0.1) is 0 Å². The van der Waals surface area contributed by atoms with E-state index in [2.05, 4.69) is 4.98 Å². The molecule has 154 valence electrons. The Hall–Kier alpha value is -1.60. The van der Waals surface area contributed by atoms with E-state index in [4.69, 9.17) is 18.2 Å². The van der Waals surface area contributed by atoms with E-state index in [1.165, 1.54) is 0 Å². The summed E-state index contributed by atoms with van der Waals surface area (Å²) in [4.78, 5) is 18.6. The standard InChI is InChI=1S/C21H33BN2O4/c1-19(2,3)26-18(25)24-13-11-15(12-14-24)16-9-8-10-17(23-16)22-27-20(4,5)21(6,7)28-22/h8-10,15H,11-14H2,1-7H3/i8D,9D,10D. The Bertz CT molecular complexity index is 849. The fourth-order valence-corrected chi connectivity index (χ4v) is 3.27. The lowest BCUT2D eigenvalue weighted by Crippen LogP contribution is -2.42. The van der Waals surface area contributed by atoms with Crippen molar-refractivity contribution < 1.29 is 23.0 Å². The van der Waals surface area contributed by atoms with Gasteiger partial charge in [-0.1, -0.05) is 6.04 Å². The first kappa shape index (κ1) is 17.3. The summed E-state index contributed by atoms with van der Waals surface area (Å²) in [7, 11) is -0.859. The molecule has 0 aliphatic carbocycles. The molecular formula is C21H33BN2O4. The smallest absolute Gasteiger partial charge is 0.444 e. The van der Waals surface area contributed by atoms with Crippen molar-refractivity contribution in [2.75, 3.05) is 13.1 Å². The van der Waals surface area contributed by atoms with Crippen LogP contribution < -0.4 is 5.59 Å². The minimum absolute atomic E-state index is 0.0408. The minimum Gasteiger partial charge on any atom is -0.444 e. The number of piperidine rings is 1. The second-order valence-corrected chi connectivity index (χ2v) is 9.59. The molecule has 0 spiro atoms. The molecule has 0 bridgehead atoms. The molecule has 28 heavy (non-hydrogen) atoms. The number of amides is 1. The van der Waals surface area contributed by atoms with Crippen molar-refractivity contribution >= 4 is 18.8 Å². The van der Waals surface area contributed by atoms with Crippen LogP contribution in [-0.2, 0) is 14.0 Å². The summed E-state index contributed by atoms with van der Waals surface area (Å²) in [5.74, 6) is -0.0861. The SMILES string of the molecule is [2H]c1c(B2OC(C)(C)C(C)(C)O2)nc(C2CCN(C(=O)OC(C)(C)C)CC2)c([2H])c1[2H]. The highest BCUT2D eigenvalue weighted by atomic mass is 16.7. The van der Waals surface area contributed by atoms with E-state index in [9.17, 15) is 4.79 Å². The normalized spacial score (nSPS) is 23.9. The highest BCUT2D eigenvalue weighted by molar-refractivity contribution is 6.61. The number of pyridine rings is 1. The maximum absolute atomic E-state index is 12.3. The monoisotopic (exact) mass is 391 g/mol. The Kier molecular flexibility index (Phi) is 4.53. The third kappa shape index (κ3) is 4.52. The summed E-state index contributed by atoms with van der Waals surface area (Å²) in [6.07, 6.45) is 0.876. The van der Waals surface area contributed by atoms with Crippen molar-refractivity contribution in [2.45, 2.75) is 84.0 Å². The first-order valence-electron chi connectivity index (χ1n) is 11.4. The van der Waals surface area contributed by atoms with Gasteiger partial charge >= 0.3 is 13.2 Å². The number of ether oxygens (including phenoxy) is 1. The summed E-state index contributed by atoms with van der Waals surface area (Å²) in [5, 5.41) is 0. The van der Waals surface area contributed by atoms with Gasteiger partial charge in [-0.2, -0.15) is 0 Å². The summed E-state index contributed by atoms with van der Waals surface area (Å²) in [6, 6.07) is -0.358. The molecule has 3 rings (SSSR count). The van der Waals surface area contributed by atoms with Gasteiger partial charge in [0.2, 0.25) is 0 Å². The van der Waals surface area contributed by atoms with Crippen molar-refractivity contribution in [3.05, 3.63) is 23.8 Å². The predicted octanol–water partition coefficient (Wildman–Crippen LogP) is 3.50. The lowest BCUT2D eigenvalue weighted by molar-refractivity contribution is 0.00578. The van der Waals surface area contributed by atoms with Gasteiger partial charge in [0.05, 0.1) is 20.9 Å². The molecule has 0 N–H and O–H groups in total. The highest BCUT2D eigenvalue weighted by Crippen LogP contribution is 2.36. The van der Waals surface area contributed by atoms with Crippen LogP contribution >= 0.6 is 0 Å². The number of carbonyl (C=O) groups excluding carboxylic acids is 1. The number of rotatable bonds is 2. The van der Waals surface area contributed by atoms with Crippen LogP contribution in [0.1, 0.15) is 77.0 Å². The van der Waals surface area contributed by atoms with Gasteiger partial charge in [0.25, 0.3) is 0 Å². The molecule has 2 fully saturated rings. The average molecular weight is 391 g/mol. The van der Waals surface area contributed by atoms with Gasteiger partial charge in [-0.3, -0.25) is 4.98 Å². The third-order valence-corrected chi connectivity index (χ3v) is 5.63. The lowest BCUT2D eigenvalue weighted by atomic mass is 9.83. The molecule has 3 heterocycles. The Morgan fingerprint density at radius 1 is 1.21 bits per heavy atom. The molecule has 1 amide bonds. The number of hydrogen-bond donors (Lipinski definition) is 0. The average Bonchev–Trinajstić information content (AvgIpc) is 2.86. The molecule has 0 aromatic carbocycles. The molecular weight excluding hydrogens is 355 g/mol. The van der Waals surface area contributed by atoms with Crippen LogP contribution in [0.25, 0.3) is 0 Å². The molecule has 1 aromatic rings. The molecule has 0 radical (unpaired) electrons. The van der Waals surface area contributed by atoms with Crippen molar-refractivity contribution in [3.8, 4) is 0 Å². The van der Waals surface area contributed by atoms with Crippen LogP contribution in [0.3, 0.4) is 0 Å². The fraction of sp³-hybridized carbons (Fsp3) is 0.714. The number of aromatic nitrogens is 1. The Morgan fingerprint density at radius 2 is 1.79 bits per heavy atom. The predicted molar refractivity (Wildman–Crippen MR) is 110 cm³/mol. The number of likely N-dealkylation sites (tertiary alicyclic amines) is 1. The zero-order valence-corrected chi connectivity index (χ0v) is 18.0. The largest absolute Gasteiger partial charge is 0.514 e. The Labute approximate surface area is 173 Å². The molecule has 0 saturated carbocycles. The maximum atomic E-state index is 12.3. The van der Waals surface area contributed by atoms with Crippen LogP contribution in [0.15, 0.2) is 18.1 Å². The molecule has 2 saturated heterocycles. The number of carbonyl (C=O) groups is 1.